The lowest BCUT2D eigenvalue weighted by molar-refractivity contribution is -0.112. The predicted molar refractivity (Wildman–Crippen MR) is 86.1 cm³/mol. The molecule has 1 heterocycles. The lowest BCUT2D eigenvalue weighted by atomic mass is 10.1. The Morgan fingerprint density at radius 3 is 2.50 bits per heavy atom. The van der Waals surface area contributed by atoms with E-state index in [0.29, 0.717) is 22.2 Å². The summed E-state index contributed by atoms with van der Waals surface area (Å²) >= 11 is 0. The van der Waals surface area contributed by atoms with Gasteiger partial charge in [-0.25, -0.2) is 4.79 Å². The molecule has 0 aliphatic carbocycles. The van der Waals surface area contributed by atoms with Crippen molar-refractivity contribution < 1.29 is 19.2 Å². The molecule has 24 heavy (non-hydrogen) atoms. The van der Waals surface area contributed by atoms with E-state index in [9.17, 15) is 19.5 Å². The Morgan fingerprint density at radius 2 is 1.79 bits per heavy atom. The summed E-state index contributed by atoms with van der Waals surface area (Å²) in [6.07, 6.45) is 0. The zero-order chi connectivity index (χ0) is 17.3. The number of carbonyl (C=O) groups excluding carboxylic acids is 2. The highest BCUT2D eigenvalue weighted by Crippen LogP contribution is 2.19. The van der Waals surface area contributed by atoms with E-state index in [2.05, 4.69) is 15.0 Å². The van der Waals surface area contributed by atoms with Crippen LogP contribution in [0.5, 0.6) is 5.75 Å². The van der Waals surface area contributed by atoms with E-state index in [1.807, 2.05) is 0 Å². The number of phenolic OH excluding ortho intramolecular Hbond substituents is 1. The number of rotatable bonds is 3. The van der Waals surface area contributed by atoms with E-state index in [0.717, 1.165) is 0 Å². The van der Waals surface area contributed by atoms with Gasteiger partial charge in [-0.05, 0) is 49.4 Å². The van der Waals surface area contributed by atoms with Gasteiger partial charge in [0.1, 0.15) is 5.75 Å². The number of nitrogens with one attached hydrogen (secondary N) is 1. The van der Waals surface area contributed by atoms with Crippen molar-refractivity contribution >= 4 is 28.2 Å². The molecule has 0 spiro atoms. The minimum Gasteiger partial charge on any atom is -0.508 e. The van der Waals surface area contributed by atoms with Gasteiger partial charge in [-0.3, -0.25) is 9.59 Å². The average molecular weight is 324 g/mol. The summed E-state index contributed by atoms with van der Waals surface area (Å²) in [5.41, 5.74) is 0.430. The van der Waals surface area contributed by atoms with Gasteiger partial charge in [0.05, 0.1) is 11.1 Å². The number of aryl methyl sites for hydroxylation is 1. The third-order valence-electron chi connectivity index (χ3n) is 3.49. The van der Waals surface area contributed by atoms with Crippen LogP contribution in [0.1, 0.15) is 16.1 Å². The lowest BCUT2D eigenvalue weighted by Gasteiger charge is -2.06. The minimum atomic E-state index is -0.825. The largest absolute Gasteiger partial charge is 0.508 e. The molecule has 7 nitrogen and oxygen atoms in total. The molecule has 2 aromatic carbocycles. The summed E-state index contributed by atoms with van der Waals surface area (Å²) in [7, 11) is 0. The first-order valence-electron chi connectivity index (χ1n) is 7.01. The highest BCUT2D eigenvalue weighted by molar-refractivity contribution is 6.46. The Balaban J connectivity index is 1.88. The first kappa shape index (κ1) is 15.4. The van der Waals surface area contributed by atoms with Crippen LogP contribution in [-0.4, -0.2) is 22.0 Å². The second-order valence-electron chi connectivity index (χ2n) is 5.15. The van der Waals surface area contributed by atoms with Crippen LogP contribution in [0.3, 0.4) is 0 Å². The number of phenols is 1. The Kier molecular flexibility index (Phi) is 3.83. The number of nitrogens with zero attached hydrogens (tertiary/aromatic N) is 1. The fraction of sp³-hybridized carbons (Fsp3) is 0.0588. The number of hydrogen-bond acceptors (Lipinski definition) is 6. The first-order chi connectivity index (χ1) is 11.5. The summed E-state index contributed by atoms with van der Waals surface area (Å²) in [4.78, 5) is 35.7. The topological polar surface area (TPSA) is 110 Å². The van der Waals surface area contributed by atoms with E-state index in [1.54, 1.807) is 13.0 Å². The number of Topliss-reactive ketones (excluding diaryl/α,β-unsaturated/α-hetero) is 1. The Morgan fingerprint density at radius 1 is 1.08 bits per heavy atom. The predicted octanol–water partition coefficient (Wildman–Crippen LogP) is 2.02. The van der Waals surface area contributed by atoms with Gasteiger partial charge in [-0.15, -0.1) is 0 Å². The quantitative estimate of drug-likeness (QED) is 0.563. The molecule has 3 aromatic rings. The van der Waals surface area contributed by atoms with E-state index in [4.69, 9.17) is 0 Å². The van der Waals surface area contributed by atoms with E-state index < -0.39 is 17.3 Å². The maximum absolute atomic E-state index is 12.1. The van der Waals surface area contributed by atoms with Gasteiger partial charge in [0.15, 0.2) is 0 Å². The van der Waals surface area contributed by atoms with Crippen molar-refractivity contribution in [3.63, 3.8) is 0 Å². The van der Waals surface area contributed by atoms with Crippen LogP contribution in [0, 0.1) is 6.92 Å². The smallest absolute Gasteiger partial charge is 0.366 e. The molecule has 0 aliphatic heterocycles. The maximum atomic E-state index is 12.1. The Bertz CT molecular complexity index is 1010. The number of anilines is 1. The van der Waals surface area contributed by atoms with Crippen molar-refractivity contribution in [2.75, 3.05) is 5.32 Å². The molecular weight excluding hydrogens is 312 g/mol. The minimum absolute atomic E-state index is 0.00305. The number of benzene rings is 2. The van der Waals surface area contributed by atoms with Crippen LogP contribution in [-0.2, 0) is 4.79 Å². The molecule has 7 heteroatoms. The molecular formula is C17H12N2O5. The summed E-state index contributed by atoms with van der Waals surface area (Å²) < 4.78 is 4.63. The number of aromatic nitrogens is 1. The molecule has 0 bridgehead atoms. The molecule has 2 N–H and O–H groups in total. The molecule has 0 saturated heterocycles. The number of hydrogen-bond donors (Lipinski definition) is 2. The van der Waals surface area contributed by atoms with Gasteiger partial charge < -0.3 is 14.9 Å². The van der Waals surface area contributed by atoms with E-state index in [1.165, 1.54) is 36.4 Å². The number of carbonyl (C=O) groups is 2. The third kappa shape index (κ3) is 2.87. The molecule has 3 rings (SSSR count). The van der Waals surface area contributed by atoms with Crippen LogP contribution < -0.4 is 10.9 Å². The number of aromatic hydroxyl groups is 1. The molecule has 0 fully saturated rings. The van der Waals surface area contributed by atoms with Crippen molar-refractivity contribution in [3.8, 4) is 5.75 Å². The van der Waals surface area contributed by atoms with Crippen LogP contribution in [0.15, 0.2) is 51.8 Å². The molecule has 0 unspecified atom stereocenters. The SMILES string of the molecule is Cc1noc(=O)c2ccc(NC(=O)C(=O)c3ccc(O)cc3)cc12. The monoisotopic (exact) mass is 324 g/mol. The molecule has 0 saturated carbocycles. The zero-order valence-electron chi connectivity index (χ0n) is 12.6. The molecule has 120 valence electrons. The Labute approximate surface area is 135 Å². The van der Waals surface area contributed by atoms with Gasteiger partial charge in [0.25, 0.3) is 11.7 Å². The normalized spacial score (nSPS) is 10.5. The van der Waals surface area contributed by atoms with Crippen molar-refractivity contribution in [2.24, 2.45) is 0 Å². The number of ketones is 1. The third-order valence-corrected chi connectivity index (χ3v) is 3.49. The van der Waals surface area contributed by atoms with E-state index in [-0.39, 0.29) is 11.3 Å². The molecule has 0 aliphatic rings. The van der Waals surface area contributed by atoms with Crippen LogP contribution >= 0.6 is 0 Å². The average Bonchev–Trinajstić information content (AvgIpc) is 2.58. The van der Waals surface area contributed by atoms with Crippen molar-refractivity contribution in [1.82, 2.24) is 5.16 Å². The highest BCUT2D eigenvalue weighted by atomic mass is 16.5. The van der Waals surface area contributed by atoms with Gasteiger partial charge >= 0.3 is 5.63 Å². The standard InChI is InChI=1S/C17H12N2O5/c1-9-14-8-11(4-7-13(14)17(23)24-19-9)18-16(22)15(21)10-2-5-12(20)6-3-10/h2-8,20H,1H3,(H,18,22). The Hall–Kier alpha value is -3.48. The second-order valence-corrected chi connectivity index (χ2v) is 5.15. The molecule has 1 amide bonds. The fourth-order valence-electron chi connectivity index (χ4n) is 2.24. The van der Waals surface area contributed by atoms with Gasteiger partial charge in [0, 0.05) is 16.6 Å². The van der Waals surface area contributed by atoms with Crippen molar-refractivity contribution in [1.29, 1.82) is 0 Å². The number of fused-ring (bicyclic) bond motifs is 1. The number of amides is 1. The fourth-order valence-corrected chi connectivity index (χ4v) is 2.24. The summed E-state index contributed by atoms with van der Waals surface area (Å²) in [6.45, 7) is 1.67. The molecule has 0 atom stereocenters. The van der Waals surface area contributed by atoms with Crippen LogP contribution in [0.2, 0.25) is 0 Å². The first-order valence-corrected chi connectivity index (χ1v) is 7.01. The van der Waals surface area contributed by atoms with Crippen LogP contribution in [0.25, 0.3) is 10.8 Å². The zero-order valence-corrected chi connectivity index (χ0v) is 12.6. The van der Waals surface area contributed by atoms with Crippen molar-refractivity contribution in [3.05, 3.63) is 64.1 Å². The molecule has 0 radical (unpaired) electrons. The maximum Gasteiger partial charge on any atom is 0.366 e. The van der Waals surface area contributed by atoms with E-state index >= 15 is 0 Å². The lowest BCUT2D eigenvalue weighted by Crippen LogP contribution is -2.22. The summed E-state index contributed by atoms with van der Waals surface area (Å²) in [5, 5.41) is 16.2. The van der Waals surface area contributed by atoms with Gasteiger partial charge in [-0.2, -0.15) is 0 Å². The summed E-state index contributed by atoms with van der Waals surface area (Å²) in [6, 6.07) is 9.91. The second kappa shape index (κ2) is 5.96. The van der Waals surface area contributed by atoms with Crippen molar-refractivity contribution in [2.45, 2.75) is 6.92 Å². The summed E-state index contributed by atoms with van der Waals surface area (Å²) in [5.74, 6) is -1.56. The van der Waals surface area contributed by atoms with Gasteiger partial charge in [0.2, 0.25) is 0 Å². The van der Waals surface area contributed by atoms with Crippen LogP contribution in [0.4, 0.5) is 5.69 Å². The highest BCUT2D eigenvalue weighted by Gasteiger charge is 2.17. The molecule has 1 aromatic heterocycles. The van der Waals surface area contributed by atoms with Gasteiger partial charge in [-0.1, -0.05) is 5.16 Å².